The lowest BCUT2D eigenvalue weighted by Gasteiger charge is -2.12. The molecule has 0 spiro atoms. The van der Waals surface area contributed by atoms with E-state index < -0.39 is 0 Å². The zero-order valence-corrected chi connectivity index (χ0v) is 15.8. The van der Waals surface area contributed by atoms with Crippen molar-refractivity contribution >= 4 is 0 Å². The lowest BCUT2D eigenvalue weighted by Crippen LogP contribution is -1.98. The van der Waals surface area contributed by atoms with Gasteiger partial charge in [0.05, 0.1) is 13.2 Å². The van der Waals surface area contributed by atoms with Crippen molar-refractivity contribution in [2.45, 2.75) is 52.4 Å². The van der Waals surface area contributed by atoms with Crippen LogP contribution in [0.15, 0.2) is 36.4 Å². The molecule has 0 aliphatic rings. The average Bonchev–Trinajstić information content (AvgIpc) is 2.66. The summed E-state index contributed by atoms with van der Waals surface area (Å²) in [6.07, 6.45) is 6.50. The van der Waals surface area contributed by atoms with Crippen LogP contribution < -0.4 is 9.47 Å². The molecule has 0 aliphatic heterocycles. The molecule has 0 saturated heterocycles. The molecule has 4 heteroatoms. The topological polar surface area (TPSA) is 58.9 Å². The van der Waals surface area contributed by atoms with E-state index in [2.05, 4.69) is 13.8 Å². The monoisotopic (exact) mass is 358 g/mol. The van der Waals surface area contributed by atoms with Crippen molar-refractivity contribution in [3.8, 4) is 34.1 Å². The fraction of sp³-hybridized carbons (Fsp3) is 0.455. The smallest absolute Gasteiger partial charge is 0.201 e. The summed E-state index contributed by atoms with van der Waals surface area (Å²) in [4.78, 5) is 0. The van der Waals surface area contributed by atoms with Crippen LogP contribution in [-0.4, -0.2) is 23.4 Å². The Balaban J connectivity index is 2.02. The number of phenolic OH excluding ortho intramolecular Hbond substituents is 2. The summed E-state index contributed by atoms with van der Waals surface area (Å²) in [5.41, 5.74) is 1.39. The van der Waals surface area contributed by atoms with Gasteiger partial charge in [-0.2, -0.15) is 0 Å². The van der Waals surface area contributed by atoms with E-state index in [1.165, 1.54) is 6.42 Å². The Kier molecular flexibility index (Phi) is 8.13. The summed E-state index contributed by atoms with van der Waals surface area (Å²) in [6.45, 7) is 5.53. The van der Waals surface area contributed by atoms with E-state index in [1.807, 2.05) is 24.3 Å². The Morgan fingerprint density at radius 2 is 1.31 bits per heavy atom. The first-order chi connectivity index (χ1) is 12.7. The largest absolute Gasteiger partial charge is 0.504 e. The van der Waals surface area contributed by atoms with Gasteiger partial charge >= 0.3 is 0 Å². The molecule has 0 aromatic heterocycles. The van der Waals surface area contributed by atoms with Gasteiger partial charge in [-0.25, -0.2) is 0 Å². The van der Waals surface area contributed by atoms with Crippen molar-refractivity contribution in [2.24, 2.45) is 0 Å². The molecule has 4 nitrogen and oxygen atoms in total. The van der Waals surface area contributed by atoms with Gasteiger partial charge in [0.25, 0.3) is 0 Å². The molecule has 2 aromatic rings. The minimum Gasteiger partial charge on any atom is -0.504 e. The number of ether oxygens (including phenoxy) is 2. The highest BCUT2D eigenvalue weighted by atomic mass is 16.5. The number of aromatic hydroxyl groups is 2. The quantitative estimate of drug-likeness (QED) is 0.388. The Morgan fingerprint density at radius 3 is 1.92 bits per heavy atom. The zero-order valence-electron chi connectivity index (χ0n) is 15.8. The summed E-state index contributed by atoms with van der Waals surface area (Å²) >= 11 is 0. The van der Waals surface area contributed by atoms with Crippen LogP contribution in [0.1, 0.15) is 52.4 Å². The Labute approximate surface area is 156 Å². The molecule has 0 heterocycles. The fourth-order valence-corrected chi connectivity index (χ4v) is 2.72. The van der Waals surface area contributed by atoms with Crippen LogP contribution in [0.5, 0.6) is 23.0 Å². The van der Waals surface area contributed by atoms with E-state index in [1.54, 1.807) is 12.1 Å². The molecule has 0 saturated carbocycles. The highest BCUT2D eigenvalue weighted by Crippen LogP contribution is 2.43. The minimum absolute atomic E-state index is 0.158. The van der Waals surface area contributed by atoms with E-state index in [0.29, 0.717) is 24.5 Å². The van der Waals surface area contributed by atoms with Crippen LogP contribution in [0.2, 0.25) is 0 Å². The van der Waals surface area contributed by atoms with Crippen LogP contribution in [0, 0.1) is 0 Å². The number of hydrogen-bond donors (Lipinski definition) is 2. The van der Waals surface area contributed by atoms with Gasteiger partial charge in [0.2, 0.25) is 5.75 Å². The molecule has 0 unspecified atom stereocenters. The third-order valence-electron chi connectivity index (χ3n) is 4.30. The third-order valence-corrected chi connectivity index (χ3v) is 4.30. The first-order valence-corrected chi connectivity index (χ1v) is 9.58. The number of unbranched alkanes of at least 4 members (excludes halogenated alkanes) is 4. The van der Waals surface area contributed by atoms with Crippen LogP contribution in [0.3, 0.4) is 0 Å². The lowest BCUT2D eigenvalue weighted by molar-refractivity contribution is 0.285. The Bertz CT molecular complexity index is 665. The lowest BCUT2D eigenvalue weighted by atomic mass is 10.0. The molecule has 26 heavy (non-hydrogen) atoms. The van der Waals surface area contributed by atoms with E-state index in [0.717, 1.165) is 43.4 Å². The van der Waals surface area contributed by atoms with Crippen LogP contribution >= 0.6 is 0 Å². The van der Waals surface area contributed by atoms with Gasteiger partial charge in [-0.3, -0.25) is 0 Å². The van der Waals surface area contributed by atoms with Crippen molar-refractivity contribution in [1.82, 2.24) is 0 Å². The summed E-state index contributed by atoms with van der Waals surface area (Å²) in [7, 11) is 0. The molecule has 0 bridgehead atoms. The molecule has 2 aromatic carbocycles. The van der Waals surface area contributed by atoms with E-state index >= 15 is 0 Å². The number of benzene rings is 2. The molecule has 0 radical (unpaired) electrons. The maximum absolute atomic E-state index is 10.3. The van der Waals surface area contributed by atoms with Crippen molar-refractivity contribution < 1.29 is 19.7 Å². The maximum Gasteiger partial charge on any atom is 0.201 e. The number of phenols is 2. The second-order valence-corrected chi connectivity index (χ2v) is 6.44. The normalized spacial score (nSPS) is 10.7. The average molecular weight is 358 g/mol. The second-order valence-electron chi connectivity index (χ2n) is 6.44. The molecular weight excluding hydrogens is 328 g/mol. The third kappa shape index (κ3) is 5.58. The molecular formula is C22H30O4. The molecule has 0 aliphatic carbocycles. The standard InChI is InChI=1S/C22H30O4/c1-3-5-7-15-25-18-11-9-17(10-12-18)19-13-14-20(22(24)21(19)23)26-16-8-6-4-2/h9-14,23-24H,3-8,15-16H2,1-2H3. The molecule has 2 N–H and O–H groups in total. The van der Waals surface area contributed by atoms with Gasteiger partial charge in [-0.05, 0) is 42.7 Å². The molecule has 2 rings (SSSR count). The number of rotatable bonds is 11. The SMILES string of the molecule is CCCCCOc1ccc(-c2ccc(OCCCCC)c(O)c2O)cc1. The van der Waals surface area contributed by atoms with E-state index in [-0.39, 0.29) is 11.5 Å². The fourth-order valence-electron chi connectivity index (χ4n) is 2.72. The van der Waals surface area contributed by atoms with Crippen LogP contribution in [0.25, 0.3) is 11.1 Å². The van der Waals surface area contributed by atoms with E-state index in [4.69, 9.17) is 9.47 Å². The van der Waals surface area contributed by atoms with Crippen molar-refractivity contribution in [3.63, 3.8) is 0 Å². The first-order valence-electron chi connectivity index (χ1n) is 9.58. The maximum atomic E-state index is 10.3. The van der Waals surface area contributed by atoms with Crippen LogP contribution in [-0.2, 0) is 0 Å². The highest BCUT2D eigenvalue weighted by molar-refractivity contribution is 5.75. The minimum atomic E-state index is -0.209. The van der Waals surface area contributed by atoms with E-state index in [9.17, 15) is 10.2 Å². The second kappa shape index (κ2) is 10.6. The van der Waals surface area contributed by atoms with Gasteiger partial charge in [0.1, 0.15) is 5.75 Å². The van der Waals surface area contributed by atoms with Crippen molar-refractivity contribution in [1.29, 1.82) is 0 Å². The van der Waals surface area contributed by atoms with Gasteiger partial charge < -0.3 is 19.7 Å². The Morgan fingerprint density at radius 1 is 0.692 bits per heavy atom. The molecule has 0 amide bonds. The van der Waals surface area contributed by atoms with Gasteiger partial charge in [-0.1, -0.05) is 51.7 Å². The molecule has 0 atom stereocenters. The summed E-state index contributed by atoms with van der Waals surface area (Å²) < 4.78 is 11.3. The van der Waals surface area contributed by atoms with Gasteiger partial charge in [0, 0.05) is 5.56 Å². The predicted octanol–water partition coefficient (Wildman–Crippen LogP) is 5.90. The molecule has 0 fully saturated rings. The number of hydrogen-bond acceptors (Lipinski definition) is 4. The van der Waals surface area contributed by atoms with Gasteiger partial charge in [0.15, 0.2) is 11.5 Å². The summed E-state index contributed by atoms with van der Waals surface area (Å²) in [6, 6.07) is 11.0. The van der Waals surface area contributed by atoms with Crippen molar-refractivity contribution in [2.75, 3.05) is 13.2 Å². The summed E-state index contributed by atoms with van der Waals surface area (Å²) in [5.74, 6) is 0.760. The summed E-state index contributed by atoms with van der Waals surface area (Å²) in [5, 5.41) is 20.6. The predicted molar refractivity (Wildman–Crippen MR) is 105 cm³/mol. The van der Waals surface area contributed by atoms with Gasteiger partial charge in [-0.15, -0.1) is 0 Å². The van der Waals surface area contributed by atoms with Crippen LogP contribution in [0.4, 0.5) is 0 Å². The molecule has 142 valence electrons. The van der Waals surface area contributed by atoms with Crippen molar-refractivity contribution in [3.05, 3.63) is 36.4 Å². The zero-order chi connectivity index (χ0) is 18.8. The highest BCUT2D eigenvalue weighted by Gasteiger charge is 2.14. The first kappa shape index (κ1) is 20.0. The Hall–Kier alpha value is -2.36.